The van der Waals surface area contributed by atoms with Crippen molar-refractivity contribution in [1.29, 1.82) is 0 Å². The van der Waals surface area contributed by atoms with Gasteiger partial charge in [-0.1, -0.05) is 12.1 Å². The second-order valence-electron chi connectivity index (χ2n) is 8.54. The van der Waals surface area contributed by atoms with Crippen LogP contribution in [0.25, 0.3) is 0 Å². The summed E-state index contributed by atoms with van der Waals surface area (Å²) in [5.74, 6) is 1.41. The van der Waals surface area contributed by atoms with Gasteiger partial charge in [-0.3, -0.25) is 9.59 Å². The Morgan fingerprint density at radius 2 is 1.92 bits per heavy atom. The molecule has 2 aliphatic heterocycles. The van der Waals surface area contributed by atoms with Gasteiger partial charge in [0.15, 0.2) is 11.5 Å². The first-order chi connectivity index (χ1) is 18.1. The fraction of sp³-hybridized carbons (Fsp3) is 0.296. The van der Waals surface area contributed by atoms with Crippen molar-refractivity contribution in [3.63, 3.8) is 0 Å². The minimum atomic E-state index is -0.334. The molecule has 0 saturated carbocycles. The van der Waals surface area contributed by atoms with Crippen LogP contribution in [0.5, 0.6) is 17.2 Å². The summed E-state index contributed by atoms with van der Waals surface area (Å²) >= 11 is 1.58. The average molecular weight is 522 g/mol. The molecule has 2 aliphatic rings. The molecule has 1 aromatic heterocycles. The first-order valence-electron chi connectivity index (χ1n) is 11.8. The maximum Gasteiger partial charge on any atom is 0.262 e. The van der Waals surface area contributed by atoms with Crippen LogP contribution < -0.4 is 14.2 Å². The van der Waals surface area contributed by atoms with E-state index >= 15 is 0 Å². The predicted molar refractivity (Wildman–Crippen MR) is 138 cm³/mol. The van der Waals surface area contributed by atoms with E-state index in [0.29, 0.717) is 35.8 Å². The largest absolute Gasteiger partial charge is 0.497 e. The number of carbonyl (C=O) groups excluding carboxylic acids is 2. The molecule has 9 nitrogen and oxygen atoms in total. The van der Waals surface area contributed by atoms with E-state index in [1.54, 1.807) is 49.8 Å². The van der Waals surface area contributed by atoms with Gasteiger partial charge in [-0.25, -0.2) is 5.01 Å². The maximum atomic E-state index is 13.7. The highest BCUT2D eigenvalue weighted by atomic mass is 32.1. The molecule has 0 fully saturated rings. The van der Waals surface area contributed by atoms with Crippen LogP contribution in [0.3, 0.4) is 0 Å². The number of fused-ring (bicyclic) bond motifs is 1. The van der Waals surface area contributed by atoms with E-state index < -0.39 is 0 Å². The Hall–Kier alpha value is -3.89. The van der Waals surface area contributed by atoms with E-state index in [0.717, 1.165) is 16.2 Å². The quantitative estimate of drug-likeness (QED) is 0.424. The van der Waals surface area contributed by atoms with Gasteiger partial charge in [0.25, 0.3) is 11.8 Å². The lowest BCUT2D eigenvalue weighted by molar-refractivity contribution is -0.133. The molecule has 0 aliphatic carbocycles. The van der Waals surface area contributed by atoms with Crippen molar-refractivity contribution in [2.45, 2.75) is 12.5 Å². The zero-order valence-electron chi connectivity index (χ0n) is 20.6. The predicted octanol–water partition coefficient (Wildman–Crippen LogP) is 3.95. The van der Waals surface area contributed by atoms with Crippen LogP contribution in [0, 0.1) is 0 Å². The second kappa shape index (κ2) is 11.0. The van der Waals surface area contributed by atoms with E-state index in [1.807, 2.05) is 35.7 Å². The van der Waals surface area contributed by atoms with Crippen LogP contribution in [0.15, 0.2) is 65.1 Å². The first-order valence-corrected chi connectivity index (χ1v) is 12.7. The molecule has 37 heavy (non-hydrogen) atoms. The molecule has 0 unspecified atom stereocenters. The lowest BCUT2D eigenvalue weighted by Gasteiger charge is -2.27. The monoisotopic (exact) mass is 521 g/mol. The fourth-order valence-electron chi connectivity index (χ4n) is 4.32. The number of ether oxygens (including phenoxy) is 4. The normalized spacial score (nSPS) is 16.0. The van der Waals surface area contributed by atoms with Crippen molar-refractivity contribution in [3.05, 3.63) is 76.0 Å². The van der Waals surface area contributed by atoms with Crippen LogP contribution in [0.2, 0.25) is 0 Å². The van der Waals surface area contributed by atoms with Gasteiger partial charge in [0.2, 0.25) is 6.79 Å². The third kappa shape index (κ3) is 5.30. The molecule has 0 radical (unpaired) electrons. The number of hydrogen-bond acceptors (Lipinski definition) is 8. The molecule has 1 atom stereocenters. The Morgan fingerprint density at radius 3 is 2.65 bits per heavy atom. The SMILES string of the molecule is COCCN(CC(=O)N1N=C(c2cccs2)C[C@H]1c1ccc2c(c1)OCO2)C(=O)c1ccc(OC)cc1. The molecule has 2 amide bonds. The number of benzene rings is 2. The van der Waals surface area contributed by atoms with E-state index in [4.69, 9.17) is 24.0 Å². The summed E-state index contributed by atoms with van der Waals surface area (Å²) in [6, 6.07) is 16.1. The van der Waals surface area contributed by atoms with Crippen molar-refractivity contribution in [3.8, 4) is 17.2 Å². The van der Waals surface area contributed by atoms with Crippen molar-refractivity contribution in [1.82, 2.24) is 9.91 Å². The minimum Gasteiger partial charge on any atom is -0.497 e. The summed E-state index contributed by atoms with van der Waals surface area (Å²) in [6.07, 6.45) is 0.552. The van der Waals surface area contributed by atoms with Gasteiger partial charge in [-0.2, -0.15) is 5.10 Å². The number of rotatable bonds is 9. The Balaban J connectivity index is 1.41. The number of hydrazone groups is 1. The van der Waals surface area contributed by atoms with Crippen LogP contribution >= 0.6 is 11.3 Å². The Bertz CT molecular complexity index is 1290. The van der Waals surface area contributed by atoms with E-state index in [9.17, 15) is 9.59 Å². The number of carbonyl (C=O) groups is 2. The molecule has 192 valence electrons. The molecule has 0 bridgehead atoms. The van der Waals surface area contributed by atoms with Crippen LogP contribution in [0.1, 0.15) is 33.3 Å². The molecule has 3 aromatic rings. The molecule has 0 saturated heterocycles. The molecule has 3 heterocycles. The Labute approximate surface area is 218 Å². The van der Waals surface area contributed by atoms with Gasteiger partial charge in [-0.15, -0.1) is 11.3 Å². The van der Waals surface area contributed by atoms with E-state index in [1.165, 1.54) is 9.91 Å². The van der Waals surface area contributed by atoms with Crippen LogP contribution in [0.4, 0.5) is 0 Å². The lowest BCUT2D eigenvalue weighted by Crippen LogP contribution is -2.42. The van der Waals surface area contributed by atoms with Crippen LogP contribution in [-0.2, 0) is 9.53 Å². The molecular formula is C27H27N3O6S. The third-order valence-corrected chi connectivity index (χ3v) is 7.19. The first kappa shape index (κ1) is 24.8. The summed E-state index contributed by atoms with van der Waals surface area (Å²) in [4.78, 5) is 29.5. The van der Waals surface area contributed by atoms with Crippen LogP contribution in [-0.4, -0.2) is 68.1 Å². The Kier molecular flexibility index (Phi) is 7.38. The third-order valence-electron chi connectivity index (χ3n) is 6.27. The number of methoxy groups -OCH3 is 2. The highest BCUT2D eigenvalue weighted by Gasteiger charge is 2.35. The number of amides is 2. The fourth-order valence-corrected chi connectivity index (χ4v) is 5.04. The molecule has 10 heteroatoms. The zero-order chi connectivity index (χ0) is 25.8. The minimum absolute atomic E-state index is 0.142. The molecule has 2 aromatic carbocycles. The van der Waals surface area contributed by atoms with Gasteiger partial charge in [0, 0.05) is 25.6 Å². The highest BCUT2D eigenvalue weighted by Crippen LogP contribution is 2.39. The highest BCUT2D eigenvalue weighted by molar-refractivity contribution is 7.12. The summed E-state index contributed by atoms with van der Waals surface area (Å²) in [5, 5.41) is 8.20. The van der Waals surface area contributed by atoms with Gasteiger partial charge in [0.1, 0.15) is 12.3 Å². The summed E-state index contributed by atoms with van der Waals surface area (Å²) in [5.41, 5.74) is 2.18. The number of hydrogen-bond donors (Lipinski definition) is 0. The van der Waals surface area contributed by atoms with Crippen molar-refractivity contribution >= 4 is 28.9 Å². The lowest BCUT2D eigenvalue weighted by atomic mass is 10.0. The summed E-state index contributed by atoms with van der Waals surface area (Å²) in [7, 11) is 3.13. The standard InChI is InChI=1S/C27H27N3O6S/c1-33-12-11-29(27(32)18-5-8-20(34-2)9-6-18)16-26(31)30-22(15-21(28-30)25-4-3-13-37-25)19-7-10-23-24(14-19)36-17-35-23/h3-10,13-14,22H,11-12,15-17H2,1-2H3/t22-/m0/s1. The summed E-state index contributed by atoms with van der Waals surface area (Å²) in [6.45, 7) is 0.586. The maximum absolute atomic E-state index is 13.7. The average Bonchev–Trinajstić information content (AvgIpc) is 3.70. The van der Waals surface area contributed by atoms with Gasteiger partial charge >= 0.3 is 0 Å². The number of nitrogens with zero attached hydrogens (tertiary/aromatic N) is 3. The van der Waals surface area contributed by atoms with Crippen molar-refractivity contribution in [2.24, 2.45) is 5.10 Å². The van der Waals surface area contributed by atoms with E-state index in [2.05, 4.69) is 0 Å². The topological polar surface area (TPSA) is 89.9 Å². The van der Waals surface area contributed by atoms with Gasteiger partial charge in [0.05, 0.1) is 30.3 Å². The number of thiophene rings is 1. The molecular weight excluding hydrogens is 494 g/mol. The van der Waals surface area contributed by atoms with Crippen molar-refractivity contribution in [2.75, 3.05) is 40.7 Å². The smallest absolute Gasteiger partial charge is 0.262 e. The van der Waals surface area contributed by atoms with Gasteiger partial charge < -0.3 is 23.8 Å². The molecule has 0 N–H and O–H groups in total. The summed E-state index contributed by atoms with van der Waals surface area (Å²) < 4.78 is 21.4. The molecule has 5 rings (SSSR count). The van der Waals surface area contributed by atoms with Gasteiger partial charge in [-0.05, 0) is 53.4 Å². The molecule has 0 spiro atoms. The zero-order valence-corrected chi connectivity index (χ0v) is 21.4. The second-order valence-corrected chi connectivity index (χ2v) is 9.49. The van der Waals surface area contributed by atoms with Crippen molar-refractivity contribution < 1.29 is 28.5 Å². The van der Waals surface area contributed by atoms with E-state index in [-0.39, 0.29) is 37.7 Å². The Morgan fingerprint density at radius 1 is 1.11 bits per heavy atom.